The maximum absolute atomic E-state index is 13.5. The van der Waals surface area contributed by atoms with E-state index in [-0.39, 0.29) is 18.5 Å². The Kier molecular flexibility index (Phi) is 10.1. The van der Waals surface area contributed by atoms with Gasteiger partial charge in [0, 0.05) is 52.0 Å². The minimum atomic E-state index is -0.629. The van der Waals surface area contributed by atoms with Gasteiger partial charge in [-0.15, -0.1) is 0 Å². The number of rotatable bonds is 13. The molecule has 1 fully saturated rings. The summed E-state index contributed by atoms with van der Waals surface area (Å²) in [5.74, 6) is 0.397. The van der Waals surface area contributed by atoms with Crippen molar-refractivity contribution in [3.05, 3.63) is 35.6 Å². The Balaban J connectivity index is 1.86. The van der Waals surface area contributed by atoms with Gasteiger partial charge in [-0.1, -0.05) is 5.16 Å². The molecule has 1 saturated heterocycles. The van der Waals surface area contributed by atoms with Crippen molar-refractivity contribution in [2.24, 2.45) is 0 Å². The molecule has 8 nitrogen and oxygen atoms in total. The van der Waals surface area contributed by atoms with Gasteiger partial charge in [0.1, 0.15) is 11.5 Å². The summed E-state index contributed by atoms with van der Waals surface area (Å²) in [6.45, 7) is 9.13. The second kappa shape index (κ2) is 13.0. The standard InChI is InChI=1S/C24H36FN3O5/c1-18(2)32-17-21(29)15-27(9-4-12-30-3)16-22-23(19-5-7-20(25)8-6-19)26-33-24(22)28-10-13-31-14-11-28/h5-8,18,21,29H,4,9-17H2,1-3H3/t21-/m1/s1. The van der Waals surface area contributed by atoms with Gasteiger partial charge in [-0.2, -0.15) is 0 Å². The molecule has 0 aliphatic carbocycles. The molecular weight excluding hydrogens is 429 g/mol. The number of benzene rings is 1. The van der Waals surface area contributed by atoms with Gasteiger partial charge in [0.05, 0.1) is 37.6 Å². The van der Waals surface area contributed by atoms with E-state index in [0.717, 1.165) is 24.1 Å². The molecule has 1 aromatic heterocycles. The maximum atomic E-state index is 13.5. The Morgan fingerprint density at radius 3 is 2.61 bits per heavy atom. The predicted molar refractivity (Wildman–Crippen MR) is 124 cm³/mol. The second-order valence-electron chi connectivity index (χ2n) is 8.54. The number of hydrogen-bond donors (Lipinski definition) is 1. The van der Waals surface area contributed by atoms with Gasteiger partial charge in [-0.3, -0.25) is 4.90 Å². The van der Waals surface area contributed by atoms with Crippen molar-refractivity contribution in [1.82, 2.24) is 10.1 Å². The van der Waals surface area contributed by atoms with Crippen LogP contribution < -0.4 is 4.90 Å². The van der Waals surface area contributed by atoms with Crippen LogP contribution in [0.1, 0.15) is 25.8 Å². The van der Waals surface area contributed by atoms with E-state index in [9.17, 15) is 9.50 Å². The molecule has 9 heteroatoms. The third-order valence-corrected chi connectivity index (χ3v) is 5.48. The van der Waals surface area contributed by atoms with E-state index in [2.05, 4.69) is 15.0 Å². The Morgan fingerprint density at radius 2 is 1.94 bits per heavy atom. The van der Waals surface area contributed by atoms with E-state index < -0.39 is 6.10 Å². The van der Waals surface area contributed by atoms with Crippen LogP contribution in [0.25, 0.3) is 11.3 Å². The molecule has 2 heterocycles. The molecule has 1 atom stereocenters. The molecule has 33 heavy (non-hydrogen) atoms. The molecule has 1 aliphatic rings. The zero-order valence-corrected chi connectivity index (χ0v) is 19.8. The van der Waals surface area contributed by atoms with Crippen molar-refractivity contribution in [2.45, 2.75) is 39.0 Å². The van der Waals surface area contributed by atoms with Crippen LogP contribution >= 0.6 is 0 Å². The minimum Gasteiger partial charge on any atom is -0.389 e. The van der Waals surface area contributed by atoms with Crippen LogP contribution in [0.4, 0.5) is 10.3 Å². The predicted octanol–water partition coefficient (Wildman–Crippen LogP) is 2.94. The highest BCUT2D eigenvalue weighted by Gasteiger charge is 2.26. The third-order valence-electron chi connectivity index (χ3n) is 5.48. The zero-order valence-electron chi connectivity index (χ0n) is 19.8. The molecule has 1 N–H and O–H groups in total. The fourth-order valence-corrected chi connectivity index (χ4v) is 3.84. The molecule has 0 unspecified atom stereocenters. The van der Waals surface area contributed by atoms with Gasteiger partial charge in [0.15, 0.2) is 0 Å². The normalized spacial score (nSPS) is 15.5. The van der Waals surface area contributed by atoms with Crippen molar-refractivity contribution in [3.8, 4) is 11.3 Å². The van der Waals surface area contributed by atoms with Crippen LogP contribution in [0.2, 0.25) is 0 Å². The molecule has 184 valence electrons. The lowest BCUT2D eigenvalue weighted by molar-refractivity contribution is -0.0103. The molecular formula is C24H36FN3O5. The van der Waals surface area contributed by atoms with Crippen molar-refractivity contribution in [3.63, 3.8) is 0 Å². The number of aliphatic hydroxyl groups is 1. The van der Waals surface area contributed by atoms with Gasteiger partial charge >= 0.3 is 0 Å². The number of aromatic nitrogens is 1. The quantitative estimate of drug-likeness (QED) is 0.453. The lowest BCUT2D eigenvalue weighted by Crippen LogP contribution is -2.38. The van der Waals surface area contributed by atoms with Crippen LogP contribution in [-0.2, 0) is 20.8 Å². The van der Waals surface area contributed by atoms with E-state index in [1.54, 1.807) is 19.2 Å². The number of halogens is 1. The summed E-state index contributed by atoms with van der Waals surface area (Å²) in [6, 6.07) is 6.26. The van der Waals surface area contributed by atoms with Crippen LogP contribution in [-0.4, -0.2) is 87.1 Å². The summed E-state index contributed by atoms with van der Waals surface area (Å²) < 4.78 is 35.7. The number of nitrogens with zero attached hydrogens (tertiary/aromatic N) is 3. The molecule has 3 rings (SSSR count). The number of ether oxygens (including phenoxy) is 3. The number of aliphatic hydroxyl groups excluding tert-OH is 1. The van der Waals surface area contributed by atoms with E-state index >= 15 is 0 Å². The topological polar surface area (TPSA) is 80.4 Å². The summed E-state index contributed by atoms with van der Waals surface area (Å²) in [4.78, 5) is 4.29. The van der Waals surface area contributed by atoms with Gasteiger partial charge in [0.25, 0.3) is 0 Å². The van der Waals surface area contributed by atoms with Crippen molar-refractivity contribution in [1.29, 1.82) is 0 Å². The monoisotopic (exact) mass is 465 g/mol. The zero-order chi connectivity index (χ0) is 23.6. The van der Waals surface area contributed by atoms with Crippen molar-refractivity contribution in [2.75, 3.05) is 64.6 Å². The minimum absolute atomic E-state index is 0.0534. The number of anilines is 1. The SMILES string of the molecule is COCCCN(Cc1c(-c2ccc(F)cc2)noc1N1CCOCC1)C[C@@H](O)COC(C)C. The lowest BCUT2D eigenvalue weighted by Gasteiger charge is -2.29. The molecule has 0 spiro atoms. The van der Waals surface area contributed by atoms with E-state index in [1.807, 2.05) is 13.8 Å². The highest BCUT2D eigenvalue weighted by molar-refractivity contribution is 5.68. The first-order valence-corrected chi connectivity index (χ1v) is 11.6. The largest absolute Gasteiger partial charge is 0.389 e. The summed E-state index contributed by atoms with van der Waals surface area (Å²) in [5, 5.41) is 14.9. The van der Waals surface area contributed by atoms with Gasteiger partial charge in [0.2, 0.25) is 5.88 Å². The van der Waals surface area contributed by atoms with Crippen molar-refractivity contribution < 1.29 is 28.2 Å². The Bertz CT molecular complexity index is 824. The highest BCUT2D eigenvalue weighted by Crippen LogP contribution is 2.33. The van der Waals surface area contributed by atoms with Crippen molar-refractivity contribution >= 4 is 5.88 Å². The molecule has 0 saturated carbocycles. The molecule has 1 aromatic carbocycles. The Morgan fingerprint density at radius 1 is 1.21 bits per heavy atom. The Labute approximate surface area is 195 Å². The summed E-state index contributed by atoms with van der Waals surface area (Å²) in [7, 11) is 1.68. The van der Waals surface area contributed by atoms with Gasteiger partial charge in [-0.25, -0.2) is 4.39 Å². The average Bonchev–Trinajstić information content (AvgIpc) is 3.22. The molecule has 0 radical (unpaired) electrons. The molecule has 1 aliphatic heterocycles. The first-order chi connectivity index (χ1) is 16.0. The van der Waals surface area contributed by atoms with Crippen LogP contribution in [0.3, 0.4) is 0 Å². The summed E-state index contributed by atoms with van der Waals surface area (Å²) in [6.07, 6.45) is 0.242. The van der Waals surface area contributed by atoms with Crippen LogP contribution in [0, 0.1) is 5.82 Å². The molecule has 0 bridgehead atoms. The average molecular weight is 466 g/mol. The maximum Gasteiger partial charge on any atom is 0.232 e. The third kappa shape index (κ3) is 7.75. The smallest absolute Gasteiger partial charge is 0.232 e. The van der Waals surface area contributed by atoms with E-state index in [4.69, 9.17) is 18.7 Å². The fourth-order valence-electron chi connectivity index (χ4n) is 3.84. The second-order valence-corrected chi connectivity index (χ2v) is 8.54. The van der Waals surface area contributed by atoms with Gasteiger partial charge < -0.3 is 28.7 Å². The van der Waals surface area contributed by atoms with Crippen LogP contribution in [0.5, 0.6) is 0 Å². The first-order valence-electron chi connectivity index (χ1n) is 11.6. The summed E-state index contributed by atoms with van der Waals surface area (Å²) >= 11 is 0. The van der Waals surface area contributed by atoms with E-state index in [1.165, 1.54) is 12.1 Å². The fraction of sp³-hybridized carbons (Fsp3) is 0.625. The number of morpholine rings is 1. The van der Waals surface area contributed by atoms with E-state index in [0.29, 0.717) is 57.6 Å². The number of hydrogen-bond acceptors (Lipinski definition) is 8. The highest BCUT2D eigenvalue weighted by atomic mass is 19.1. The summed E-state index contributed by atoms with van der Waals surface area (Å²) in [5.41, 5.74) is 2.38. The number of methoxy groups -OCH3 is 1. The first kappa shape index (κ1) is 25.6. The molecule has 0 amide bonds. The Hall–Kier alpha value is -2.04. The molecule has 2 aromatic rings. The van der Waals surface area contributed by atoms with Gasteiger partial charge in [-0.05, 0) is 44.5 Å². The lowest BCUT2D eigenvalue weighted by atomic mass is 10.1. The van der Waals surface area contributed by atoms with Crippen LogP contribution in [0.15, 0.2) is 28.8 Å².